The summed E-state index contributed by atoms with van der Waals surface area (Å²) < 4.78 is 32.3. The zero-order chi connectivity index (χ0) is 21.8. The van der Waals surface area contributed by atoms with Crippen LogP contribution in [0.15, 0.2) is 29.3 Å². The van der Waals surface area contributed by atoms with Crippen molar-refractivity contribution in [2.45, 2.75) is 20.0 Å². The summed E-state index contributed by atoms with van der Waals surface area (Å²) in [6.07, 6.45) is -0.738. The summed E-state index contributed by atoms with van der Waals surface area (Å²) in [6, 6.07) is 5.08. The summed E-state index contributed by atoms with van der Waals surface area (Å²) in [5.41, 5.74) is 4.14. The van der Waals surface area contributed by atoms with Gasteiger partial charge in [-0.05, 0) is 32.0 Å². The van der Waals surface area contributed by atoms with Crippen LogP contribution in [0, 0.1) is 18.6 Å². The van der Waals surface area contributed by atoms with Crippen LogP contribution in [0.4, 0.5) is 20.2 Å². The summed E-state index contributed by atoms with van der Waals surface area (Å²) in [5.74, 6) is -0.807. The average molecular weight is 421 g/mol. The Morgan fingerprint density at radius 1 is 1.17 bits per heavy atom. The number of piperazine rings is 1. The lowest BCUT2D eigenvalue weighted by molar-refractivity contribution is 0.198. The predicted molar refractivity (Wildman–Crippen MR) is 108 cm³/mol. The first-order chi connectivity index (χ1) is 14.3. The second kappa shape index (κ2) is 9.23. The predicted octanol–water partition coefficient (Wildman–Crippen LogP) is 2.52. The SMILES string of the molecule is COc1nc(C)c(C(C)O)cc1N=C(NO)N1CCN(c2cc(F)cc(F)c2)CC1. The van der Waals surface area contributed by atoms with Crippen LogP contribution in [0.25, 0.3) is 0 Å². The highest BCUT2D eigenvalue weighted by atomic mass is 19.1. The van der Waals surface area contributed by atoms with E-state index in [2.05, 4.69) is 15.5 Å². The van der Waals surface area contributed by atoms with Crippen molar-refractivity contribution in [2.24, 2.45) is 4.99 Å². The van der Waals surface area contributed by atoms with Crippen LogP contribution in [0.5, 0.6) is 5.88 Å². The van der Waals surface area contributed by atoms with Crippen LogP contribution in [0.1, 0.15) is 24.3 Å². The number of anilines is 1. The molecule has 1 aliphatic heterocycles. The Balaban J connectivity index is 1.80. The normalized spacial score (nSPS) is 15.9. The summed E-state index contributed by atoms with van der Waals surface area (Å²) in [5, 5.41) is 19.6. The number of halogens is 2. The number of benzene rings is 1. The fourth-order valence-corrected chi connectivity index (χ4v) is 3.42. The van der Waals surface area contributed by atoms with Crippen molar-refractivity contribution in [1.29, 1.82) is 0 Å². The molecule has 30 heavy (non-hydrogen) atoms. The van der Waals surface area contributed by atoms with Crippen molar-refractivity contribution in [3.05, 3.63) is 47.2 Å². The maximum absolute atomic E-state index is 13.5. The number of ether oxygens (including phenoxy) is 1. The van der Waals surface area contributed by atoms with E-state index in [1.807, 2.05) is 4.90 Å². The van der Waals surface area contributed by atoms with Gasteiger partial charge in [0.05, 0.1) is 13.2 Å². The number of rotatable bonds is 4. The van der Waals surface area contributed by atoms with Crippen molar-refractivity contribution < 1.29 is 23.8 Å². The van der Waals surface area contributed by atoms with Crippen molar-refractivity contribution in [3.63, 3.8) is 0 Å². The molecular weight excluding hydrogens is 396 g/mol. The number of pyridine rings is 1. The molecule has 1 aliphatic rings. The van der Waals surface area contributed by atoms with Crippen LogP contribution in [-0.2, 0) is 0 Å². The molecule has 8 nitrogen and oxygen atoms in total. The summed E-state index contributed by atoms with van der Waals surface area (Å²) in [6.45, 7) is 5.25. The smallest absolute Gasteiger partial charge is 0.240 e. The molecule has 0 aliphatic carbocycles. The fraction of sp³-hybridized carbons (Fsp3) is 0.400. The zero-order valence-corrected chi connectivity index (χ0v) is 17.1. The molecule has 162 valence electrons. The molecule has 1 aromatic carbocycles. The van der Waals surface area contributed by atoms with Crippen molar-refractivity contribution in [3.8, 4) is 5.88 Å². The molecule has 0 radical (unpaired) electrons. The molecule has 1 saturated heterocycles. The van der Waals surface area contributed by atoms with Crippen molar-refractivity contribution >= 4 is 17.3 Å². The summed E-state index contributed by atoms with van der Waals surface area (Å²) in [7, 11) is 1.46. The second-order valence-corrected chi connectivity index (χ2v) is 7.02. The quantitative estimate of drug-likeness (QED) is 0.397. The van der Waals surface area contributed by atoms with E-state index in [0.29, 0.717) is 48.8 Å². The molecule has 3 N–H and O–H groups in total. The van der Waals surface area contributed by atoms with Crippen LogP contribution in [-0.4, -0.2) is 59.4 Å². The number of aliphatic imine (C=N–C) groups is 1. The molecule has 0 saturated carbocycles. The van der Waals surface area contributed by atoms with Gasteiger partial charge in [0, 0.05) is 49.2 Å². The number of nitrogens with one attached hydrogen (secondary N) is 1. The fourth-order valence-electron chi connectivity index (χ4n) is 3.42. The molecule has 0 amide bonds. The molecule has 1 aromatic heterocycles. The lowest BCUT2D eigenvalue weighted by atomic mass is 10.1. The van der Waals surface area contributed by atoms with Gasteiger partial charge in [-0.1, -0.05) is 0 Å². The van der Waals surface area contributed by atoms with Crippen LogP contribution in [0.2, 0.25) is 0 Å². The maximum Gasteiger partial charge on any atom is 0.240 e. The van der Waals surface area contributed by atoms with Crippen LogP contribution in [0.3, 0.4) is 0 Å². The summed E-state index contributed by atoms with van der Waals surface area (Å²) in [4.78, 5) is 12.4. The third kappa shape index (κ3) is 4.77. The molecule has 2 aromatic rings. The first-order valence-corrected chi connectivity index (χ1v) is 9.50. The van der Waals surface area contributed by atoms with E-state index in [1.165, 1.54) is 19.2 Å². The minimum atomic E-state index is -0.738. The topological polar surface area (TPSA) is 93.4 Å². The van der Waals surface area contributed by atoms with Gasteiger partial charge in [0.15, 0.2) is 0 Å². The molecule has 2 heterocycles. The van der Waals surface area contributed by atoms with E-state index in [-0.39, 0.29) is 11.8 Å². The lowest BCUT2D eigenvalue weighted by Crippen LogP contribution is -2.52. The highest BCUT2D eigenvalue weighted by molar-refractivity contribution is 5.83. The number of hydroxylamine groups is 1. The van der Waals surface area contributed by atoms with Gasteiger partial charge in [-0.15, -0.1) is 0 Å². The van der Waals surface area contributed by atoms with E-state index in [9.17, 15) is 19.1 Å². The Hall–Kier alpha value is -2.98. The number of nitrogens with zero attached hydrogens (tertiary/aromatic N) is 4. The van der Waals surface area contributed by atoms with Gasteiger partial charge < -0.3 is 19.6 Å². The van der Waals surface area contributed by atoms with E-state index >= 15 is 0 Å². The minimum absolute atomic E-state index is 0.181. The monoisotopic (exact) mass is 421 g/mol. The summed E-state index contributed by atoms with van der Waals surface area (Å²) >= 11 is 0. The number of aromatic nitrogens is 1. The number of aryl methyl sites for hydroxylation is 1. The second-order valence-electron chi connectivity index (χ2n) is 7.02. The Bertz CT molecular complexity index is 911. The third-order valence-electron chi connectivity index (χ3n) is 4.96. The Morgan fingerprint density at radius 3 is 2.33 bits per heavy atom. The molecule has 3 rings (SSSR count). The lowest BCUT2D eigenvalue weighted by Gasteiger charge is -2.37. The van der Waals surface area contributed by atoms with Gasteiger partial charge in [-0.3, -0.25) is 5.21 Å². The van der Waals surface area contributed by atoms with E-state index in [4.69, 9.17) is 4.74 Å². The number of methoxy groups -OCH3 is 1. The first-order valence-electron chi connectivity index (χ1n) is 9.50. The van der Waals surface area contributed by atoms with Gasteiger partial charge in [0.2, 0.25) is 11.8 Å². The standard InChI is InChI=1S/C20H25F2N5O3/c1-12-17(13(2)28)11-18(19(23-12)30-3)24-20(25-29)27-6-4-26(5-7-27)16-9-14(21)8-15(22)10-16/h8-11,13,28-29H,4-7H2,1-3H3,(H,24,25). The Labute approximate surface area is 173 Å². The number of hydrogen-bond acceptors (Lipinski definition) is 6. The van der Waals surface area contributed by atoms with Gasteiger partial charge in [0.1, 0.15) is 17.3 Å². The zero-order valence-electron chi connectivity index (χ0n) is 17.1. The Morgan fingerprint density at radius 2 is 1.80 bits per heavy atom. The molecule has 1 unspecified atom stereocenters. The third-order valence-corrected chi connectivity index (χ3v) is 4.96. The number of aliphatic hydroxyl groups excluding tert-OH is 1. The molecule has 0 bridgehead atoms. The van der Waals surface area contributed by atoms with Crippen LogP contribution < -0.4 is 15.1 Å². The van der Waals surface area contributed by atoms with Gasteiger partial charge in [0.25, 0.3) is 0 Å². The highest BCUT2D eigenvalue weighted by Gasteiger charge is 2.22. The number of guanidine groups is 1. The van der Waals surface area contributed by atoms with E-state index in [1.54, 1.807) is 24.8 Å². The van der Waals surface area contributed by atoms with E-state index < -0.39 is 17.7 Å². The Kier molecular flexibility index (Phi) is 6.68. The number of aliphatic hydroxyl groups is 1. The molecule has 0 spiro atoms. The van der Waals surface area contributed by atoms with Crippen molar-refractivity contribution in [1.82, 2.24) is 15.4 Å². The number of hydrogen-bond donors (Lipinski definition) is 3. The minimum Gasteiger partial charge on any atom is -0.479 e. The molecular formula is C20H25F2N5O3. The average Bonchev–Trinajstić information content (AvgIpc) is 2.71. The van der Waals surface area contributed by atoms with Gasteiger partial charge in [-0.2, -0.15) is 0 Å². The molecule has 1 fully saturated rings. The molecule has 10 heteroatoms. The van der Waals surface area contributed by atoms with Crippen LogP contribution >= 0.6 is 0 Å². The maximum atomic E-state index is 13.5. The first kappa shape index (κ1) is 21.7. The van der Waals surface area contributed by atoms with Crippen molar-refractivity contribution in [2.75, 3.05) is 38.2 Å². The molecule has 1 atom stereocenters. The largest absolute Gasteiger partial charge is 0.479 e. The highest BCUT2D eigenvalue weighted by Crippen LogP contribution is 2.31. The van der Waals surface area contributed by atoms with Gasteiger partial charge in [-0.25, -0.2) is 24.2 Å². The van der Waals surface area contributed by atoms with E-state index in [0.717, 1.165) is 6.07 Å². The van der Waals surface area contributed by atoms with Gasteiger partial charge >= 0.3 is 0 Å².